The monoisotopic (exact) mass is 305 g/mol. The fourth-order valence-corrected chi connectivity index (χ4v) is 2.68. The van der Waals surface area contributed by atoms with Crippen molar-refractivity contribution in [3.05, 3.63) is 33.9 Å². The number of non-ortho nitro benzene ring substituents is 1. The smallest absolute Gasteiger partial charge is 0.270 e. The molecular weight excluding hydrogens is 282 g/mol. The van der Waals surface area contributed by atoms with Gasteiger partial charge in [0.05, 0.1) is 16.2 Å². The molecule has 6 nitrogen and oxygen atoms in total. The van der Waals surface area contributed by atoms with Gasteiger partial charge in [0, 0.05) is 31.8 Å². The second kappa shape index (κ2) is 7.24. The largest absolute Gasteiger partial charge is 0.371 e. The molecule has 1 aliphatic rings. The molecule has 0 aliphatic carbocycles. The molecule has 0 aromatic heterocycles. The van der Waals surface area contributed by atoms with E-state index < -0.39 is 4.92 Å². The van der Waals surface area contributed by atoms with Gasteiger partial charge in [-0.2, -0.15) is 0 Å². The molecule has 0 atom stereocenters. The zero-order valence-electron chi connectivity index (χ0n) is 13.2. The molecule has 0 saturated carbocycles. The highest BCUT2D eigenvalue weighted by atomic mass is 16.6. The van der Waals surface area contributed by atoms with E-state index in [1.54, 1.807) is 6.07 Å². The Hall–Kier alpha value is -2.11. The van der Waals surface area contributed by atoms with Gasteiger partial charge in [-0.05, 0) is 31.2 Å². The lowest BCUT2D eigenvalue weighted by Crippen LogP contribution is -2.35. The van der Waals surface area contributed by atoms with Crippen molar-refractivity contribution in [2.45, 2.75) is 33.1 Å². The lowest BCUT2D eigenvalue weighted by Gasteiger charge is -2.33. The second-order valence-electron chi connectivity index (χ2n) is 5.88. The molecule has 1 aliphatic heterocycles. The number of hydrogen-bond donors (Lipinski definition) is 1. The summed E-state index contributed by atoms with van der Waals surface area (Å²) in [7, 11) is 0. The van der Waals surface area contributed by atoms with E-state index in [4.69, 9.17) is 0 Å². The van der Waals surface area contributed by atoms with Crippen LogP contribution in [0.5, 0.6) is 0 Å². The van der Waals surface area contributed by atoms with Crippen LogP contribution in [0.25, 0.3) is 0 Å². The molecule has 0 radical (unpaired) electrons. The van der Waals surface area contributed by atoms with Crippen LogP contribution in [0.2, 0.25) is 0 Å². The molecule has 0 bridgehead atoms. The predicted molar refractivity (Wildman–Crippen MR) is 86.3 cm³/mol. The van der Waals surface area contributed by atoms with Crippen LogP contribution in [0.1, 0.15) is 43.5 Å². The van der Waals surface area contributed by atoms with E-state index in [9.17, 15) is 14.9 Å². The molecule has 2 rings (SSSR count). The number of amides is 1. The van der Waals surface area contributed by atoms with Crippen LogP contribution in [-0.4, -0.2) is 30.5 Å². The highest BCUT2D eigenvalue weighted by Gasteiger charge is 2.23. The molecule has 22 heavy (non-hydrogen) atoms. The molecule has 1 aromatic rings. The molecule has 0 unspecified atom stereocenters. The number of nitrogens with one attached hydrogen (secondary N) is 1. The van der Waals surface area contributed by atoms with Crippen molar-refractivity contribution in [2.24, 2.45) is 5.92 Å². The minimum absolute atomic E-state index is 0.0456. The van der Waals surface area contributed by atoms with E-state index in [0.29, 0.717) is 18.0 Å². The summed E-state index contributed by atoms with van der Waals surface area (Å²) < 4.78 is 0. The van der Waals surface area contributed by atoms with E-state index in [0.717, 1.165) is 38.0 Å². The van der Waals surface area contributed by atoms with Crippen molar-refractivity contribution in [2.75, 3.05) is 24.5 Å². The first-order chi connectivity index (χ1) is 10.5. The van der Waals surface area contributed by atoms with Gasteiger partial charge < -0.3 is 10.2 Å². The Kier molecular flexibility index (Phi) is 5.35. The van der Waals surface area contributed by atoms with Crippen molar-refractivity contribution in [3.8, 4) is 0 Å². The van der Waals surface area contributed by atoms with Gasteiger partial charge in [0.1, 0.15) is 0 Å². The summed E-state index contributed by atoms with van der Waals surface area (Å²) >= 11 is 0. The van der Waals surface area contributed by atoms with Gasteiger partial charge in [0.15, 0.2) is 0 Å². The quantitative estimate of drug-likeness (QED) is 0.670. The number of nitro groups is 1. The molecule has 0 spiro atoms. The maximum Gasteiger partial charge on any atom is 0.270 e. The SMILES string of the molecule is CCCNC(=O)c1cc([N+](=O)[O-])ccc1N1CCC(C)CC1. The van der Waals surface area contributed by atoms with Crippen molar-refractivity contribution < 1.29 is 9.72 Å². The van der Waals surface area contributed by atoms with Crippen LogP contribution in [0, 0.1) is 16.0 Å². The Balaban J connectivity index is 2.31. The third kappa shape index (κ3) is 3.75. The van der Waals surface area contributed by atoms with Gasteiger partial charge in [0.25, 0.3) is 11.6 Å². The van der Waals surface area contributed by atoms with E-state index in [1.165, 1.54) is 12.1 Å². The minimum atomic E-state index is -0.460. The predicted octanol–water partition coefficient (Wildman–Crippen LogP) is 2.97. The molecule has 1 fully saturated rings. The van der Waals surface area contributed by atoms with E-state index >= 15 is 0 Å². The number of nitro benzene ring substituents is 1. The zero-order chi connectivity index (χ0) is 16.1. The van der Waals surface area contributed by atoms with Gasteiger partial charge in [-0.25, -0.2) is 0 Å². The summed E-state index contributed by atoms with van der Waals surface area (Å²) in [6.07, 6.45) is 2.98. The average molecular weight is 305 g/mol. The van der Waals surface area contributed by atoms with E-state index in [1.807, 2.05) is 6.92 Å². The second-order valence-corrected chi connectivity index (χ2v) is 5.88. The topological polar surface area (TPSA) is 75.5 Å². The van der Waals surface area contributed by atoms with E-state index in [-0.39, 0.29) is 11.6 Å². The zero-order valence-corrected chi connectivity index (χ0v) is 13.2. The van der Waals surface area contributed by atoms with Gasteiger partial charge in [0.2, 0.25) is 0 Å². The Labute approximate surface area is 130 Å². The van der Waals surface area contributed by atoms with Crippen LogP contribution < -0.4 is 10.2 Å². The number of carbonyl (C=O) groups is 1. The summed E-state index contributed by atoms with van der Waals surface area (Å²) in [5, 5.41) is 13.8. The van der Waals surface area contributed by atoms with E-state index in [2.05, 4.69) is 17.1 Å². The van der Waals surface area contributed by atoms with Crippen LogP contribution in [0.4, 0.5) is 11.4 Å². The molecular formula is C16H23N3O3. The lowest BCUT2D eigenvalue weighted by atomic mass is 9.98. The summed E-state index contributed by atoms with van der Waals surface area (Å²) in [6.45, 7) is 6.53. The first-order valence-corrected chi connectivity index (χ1v) is 7.84. The van der Waals surface area contributed by atoms with Crippen LogP contribution in [0.3, 0.4) is 0 Å². The number of rotatable bonds is 5. The normalized spacial score (nSPS) is 15.6. The van der Waals surface area contributed by atoms with Crippen LogP contribution in [-0.2, 0) is 0 Å². The standard InChI is InChI=1S/C16H23N3O3/c1-3-8-17-16(20)14-11-13(19(21)22)4-5-15(14)18-9-6-12(2)7-10-18/h4-5,11-12H,3,6-10H2,1-2H3,(H,17,20). The maximum absolute atomic E-state index is 12.3. The summed E-state index contributed by atoms with van der Waals surface area (Å²) in [5.74, 6) is 0.450. The molecule has 120 valence electrons. The number of hydrogen-bond acceptors (Lipinski definition) is 4. The number of anilines is 1. The van der Waals surface area contributed by atoms with Gasteiger partial charge in [-0.3, -0.25) is 14.9 Å². The highest BCUT2D eigenvalue weighted by molar-refractivity contribution is 6.00. The summed E-state index contributed by atoms with van der Waals surface area (Å²) in [4.78, 5) is 25.0. The Morgan fingerprint density at radius 1 is 1.41 bits per heavy atom. The van der Waals surface area contributed by atoms with Crippen molar-refractivity contribution in [3.63, 3.8) is 0 Å². The maximum atomic E-state index is 12.3. The van der Waals surface area contributed by atoms with Gasteiger partial charge >= 0.3 is 0 Å². The fourth-order valence-electron chi connectivity index (χ4n) is 2.68. The van der Waals surface area contributed by atoms with Gasteiger partial charge in [-0.15, -0.1) is 0 Å². The number of benzene rings is 1. The lowest BCUT2D eigenvalue weighted by molar-refractivity contribution is -0.384. The third-order valence-corrected chi connectivity index (χ3v) is 4.10. The molecule has 1 aromatic carbocycles. The number of piperidine rings is 1. The molecule has 1 heterocycles. The number of carbonyl (C=O) groups excluding carboxylic acids is 1. The van der Waals surface area contributed by atoms with Gasteiger partial charge in [-0.1, -0.05) is 13.8 Å². The molecule has 1 amide bonds. The summed E-state index contributed by atoms with van der Waals surface area (Å²) in [5.41, 5.74) is 1.15. The van der Waals surface area contributed by atoms with Crippen molar-refractivity contribution in [1.29, 1.82) is 0 Å². The highest BCUT2D eigenvalue weighted by Crippen LogP contribution is 2.29. The number of nitrogens with zero attached hydrogens (tertiary/aromatic N) is 2. The Morgan fingerprint density at radius 2 is 2.09 bits per heavy atom. The van der Waals surface area contributed by atoms with Crippen molar-refractivity contribution >= 4 is 17.3 Å². The molecule has 1 N–H and O–H groups in total. The van der Waals surface area contributed by atoms with Crippen molar-refractivity contribution in [1.82, 2.24) is 5.32 Å². The fraction of sp³-hybridized carbons (Fsp3) is 0.562. The average Bonchev–Trinajstić information content (AvgIpc) is 2.52. The first kappa shape index (κ1) is 16.3. The molecule has 1 saturated heterocycles. The Morgan fingerprint density at radius 3 is 2.68 bits per heavy atom. The summed E-state index contributed by atoms with van der Waals surface area (Å²) in [6, 6.07) is 4.57. The van der Waals surface area contributed by atoms with Crippen LogP contribution >= 0.6 is 0 Å². The third-order valence-electron chi connectivity index (χ3n) is 4.10. The first-order valence-electron chi connectivity index (χ1n) is 7.84. The van der Waals surface area contributed by atoms with Crippen LogP contribution in [0.15, 0.2) is 18.2 Å². The minimum Gasteiger partial charge on any atom is -0.371 e. The molecule has 6 heteroatoms. The Bertz CT molecular complexity index is 552.